The first-order valence-electron chi connectivity index (χ1n) is 7.77. The summed E-state index contributed by atoms with van der Waals surface area (Å²) in [4.78, 5) is 0. The van der Waals surface area contributed by atoms with Gasteiger partial charge in [0.25, 0.3) is 0 Å². The maximum Gasteiger partial charge on any atom is 0.119 e. The highest BCUT2D eigenvalue weighted by molar-refractivity contribution is 5.64. The Morgan fingerprint density at radius 1 is 0.783 bits per heavy atom. The molecule has 3 rings (SSSR count). The molecule has 3 aromatic carbocycles. The van der Waals surface area contributed by atoms with Crippen LogP contribution in [0.4, 0.5) is 0 Å². The van der Waals surface area contributed by atoms with Gasteiger partial charge in [-0.15, -0.1) is 0 Å². The van der Waals surface area contributed by atoms with E-state index in [-0.39, 0.29) is 0 Å². The molecule has 0 aliphatic rings. The Kier molecular flexibility index (Phi) is 4.74. The van der Waals surface area contributed by atoms with Crippen LogP contribution in [0, 0.1) is 0 Å². The minimum Gasteiger partial charge on any atom is -0.489 e. The monoisotopic (exact) mass is 304 g/mol. The van der Waals surface area contributed by atoms with Crippen LogP contribution >= 0.6 is 0 Å². The molecule has 0 radical (unpaired) electrons. The summed E-state index contributed by atoms with van der Waals surface area (Å²) in [6.45, 7) is 2.34. The highest BCUT2D eigenvalue weighted by Gasteiger charge is 2.03. The van der Waals surface area contributed by atoms with Gasteiger partial charge in [0.05, 0.1) is 6.10 Å². The predicted molar refractivity (Wildman–Crippen MR) is 93.3 cm³/mol. The molecule has 0 aromatic heterocycles. The van der Waals surface area contributed by atoms with Crippen molar-refractivity contribution in [2.45, 2.75) is 19.6 Å². The summed E-state index contributed by atoms with van der Waals surface area (Å²) >= 11 is 0. The Hall–Kier alpha value is -2.58. The topological polar surface area (TPSA) is 29.5 Å². The molecule has 2 heteroatoms. The van der Waals surface area contributed by atoms with Crippen molar-refractivity contribution >= 4 is 0 Å². The third-order valence-corrected chi connectivity index (χ3v) is 3.83. The number of hydrogen-bond donors (Lipinski definition) is 1. The number of hydrogen-bond acceptors (Lipinski definition) is 2. The van der Waals surface area contributed by atoms with E-state index in [4.69, 9.17) is 4.74 Å². The van der Waals surface area contributed by atoms with Crippen LogP contribution in [-0.2, 0) is 6.61 Å². The van der Waals surface area contributed by atoms with E-state index in [1.807, 2.05) is 54.6 Å². The van der Waals surface area contributed by atoms with Gasteiger partial charge in [-0.25, -0.2) is 0 Å². The standard InChI is InChI=1S/C21H20O2/c1-16(22)18-7-9-19(10-8-18)20-11-13-21(14-12-20)23-15-17-5-3-2-4-6-17/h2-14,16,22H,15H2,1H3. The molecule has 1 atom stereocenters. The summed E-state index contributed by atoms with van der Waals surface area (Å²) in [7, 11) is 0. The van der Waals surface area contributed by atoms with Crippen molar-refractivity contribution in [2.75, 3.05) is 0 Å². The SMILES string of the molecule is CC(O)c1ccc(-c2ccc(OCc3ccccc3)cc2)cc1. The smallest absolute Gasteiger partial charge is 0.119 e. The van der Waals surface area contributed by atoms with Gasteiger partial charge in [-0.05, 0) is 41.3 Å². The van der Waals surface area contributed by atoms with E-state index in [1.165, 1.54) is 0 Å². The minimum atomic E-state index is -0.433. The Morgan fingerprint density at radius 2 is 1.35 bits per heavy atom. The molecule has 23 heavy (non-hydrogen) atoms. The molecule has 1 N–H and O–H groups in total. The maximum atomic E-state index is 9.56. The van der Waals surface area contributed by atoms with Crippen LogP contribution in [0.2, 0.25) is 0 Å². The van der Waals surface area contributed by atoms with Gasteiger partial charge in [-0.2, -0.15) is 0 Å². The Labute approximate surface area is 137 Å². The largest absolute Gasteiger partial charge is 0.489 e. The molecular weight excluding hydrogens is 284 g/mol. The van der Waals surface area contributed by atoms with Crippen molar-refractivity contribution in [1.82, 2.24) is 0 Å². The van der Waals surface area contributed by atoms with Gasteiger partial charge < -0.3 is 9.84 Å². The first-order chi connectivity index (χ1) is 11.2. The molecular formula is C21H20O2. The van der Waals surface area contributed by atoms with Crippen molar-refractivity contribution in [3.8, 4) is 16.9 Å². The van der Waals surface area contributed by atoms with Crippen LogP contribution in [-0.4, -0.2) is 5.11 Å². The summed E-state index contributed by atoms with van der Waals surface area (Å²) in [6.07, 6.45) is -0.433. The zero-order valence-electron chi connectivity index (χ0n) is 13.1. The van der Waals surface area contributed by atoms with Crippen molar-refractivity contribution in [3.63, 3.8) is 0 Å². The second-order valence-corrected chi connectivity index (χ2v) is 5.60. The minimum absolute atomic E-state index is 0.433. The number of aliphatic hydroxyl groups is 1. The van der Waals surface area contributed by atoms with E-state index in [2.05, 4.69) is 24.3 Å². The zero-order chi connectivity index (χ0) is 16.1. The van der Waals surface area contributed by atoms with Crippen molar-refractivity contribution in [1.29, 1.82) is 0 Å². The third-order valence-electron chi connectivity index (χ3n) is 3.83. The van der Waals surface area contributed by atoms with E-state index in [1.54, 1.807) is 6.92 Å². The van der Waals surface area contributed by atoms with Crippen LogP contribution in [0.1, 0.15) is 24.2 Å². The Bertz CT molecular complexity index is 729. The normalized spacial score (nSPS) is 11.9. The lowest BCUT2D eigenvalue weighted by Gasteiger charge is -2.09. The summed E-state index contributed by atoms with van der Waals surface area (Å²) in [5.74, 6) is 0.859. The fourth-order valence-corrected chi connectivity index (χ4v) is 2.44. The van der Waals surface area contributed by atoms with Crippen LogP contribution in [0.15, 0.2) is 78.9 Å². The maximum absolute atomic E-state index is 9.56. The molecule has 2 nitrogen and oxygen atoms in total. The van der Waals surface area contributed by atoms with Gasteiger partial charge in [0.15, 0.2) is 0 Å². The summed E-state index contributed by atoms with van der Waals surface area (Å²) in [5, 5.41) is 9.56. The van der Waals surface area contributed by atoms with Gasteiger partial charge in [-0.3, -0.25) is 0 Å². The second-order valence-electron chi connectivity index (χ2n) is 5.60. The van der Waals surface area contributed by atoms with Crippen molar-refractivity contribution < 1.29 is 9.84 Å². The lowest BCUT2D eigenvalue weighted by Crippen LogP contribution is -1.94. The molecule has 0 heterocycles. The highest BCUT2D eigenvalue weighted by atomic mass is 16.5. The molecule has 116 valence electrons. The summed E-state index contributed by atoms with van der Waals surface area (Å²) < 4.78 is 5.80. The van der Waals surface area contributed by atoms with E-state index in [0.717, 1.165) is 28.0 Å². The fraction of sp³-hybridized carbons (Fsp3) is 0.143. The molecule has 0 saturated carbocycles. The molecule has 3 aromatic rings. The van der Waals surface area contributed by atoms with Gasteiger partial charge in [0.2, 0.25) is 0 Å². The Morgan fingerprint density at radius 3 is 1.91 bits per heavy atom. The molecule has 0 spiro atoms. The molecule has 1 unspecified atom stereocenters. The van der Waals surface area contributed by atoms with Gasteiger partial charge in [0, 0.05) is 0 Å². The van der Waals surface area contributed by atoms with Crippen LogP contribution < -0.4 is 4.74 Å². The molecule has 0 amide bonds. The lowest BCUT2D eigenvalue weighted by atomic mass is 10.0. The molecule has 0 fully saturated rings. The number of ether oxygens (including phenoxy) is 1. The molecule has 0 aliphatic heterocycles. The first kappa shape index (κ1) is 15.3. The van der Waals surface area contributed by atoms with Crippen molar-refractivity contribution in [3.05, 3.63) is 90.0 Å². The predicted octanol–water partition coefficient (Wildman–Crippen LogP) is 4.99. The van der Waals surface area contributed by atoms with E-state index in [0.29, 0.717) is 6.61 Å². The average molecular weight is 304 g/mol. The molecule has 0 saturated heterocycles. The van der Waals surface area contributed by atoms with E-state index < -0.39 is 6.10 Å². The average Bonchev–Trinajstić information content (AvgIpc) is 2.61. The third kappa shape index (κ3) is 3.99. The summed E-state index contributed by atoms with van der Waals surface area (Å²) in [6, 6.07) is 26.2. The lowest BCUT2D eigenvalue weighted by molar-refractivity contribution is 0.199. The van der Waals surface area contributed by atoms with Crippen LogP contribution in [0.3, 0.4) is 0 Å². The van der Waals surface area contributed by atoms with Crippen LogP contribution in [0.25, 0.3) is 11.1 Å². The first-order valence-corrected chi connectivity index (χ1v) is 7.77. The van der Waals surface area contributed by atoms with E-state index >= 15 is 0 Å². The number of benzene rings is 3. The van der Waals surface area contributed by atoms with E-state index in [9.17, 15) is 5.11 Å². The fourth-order valence-electron chi connectivity index (χ4n) is 2.44. The van der Waals surface area contributed by atoms with Crippen molar-refractivity contribution in [2.24, 2.45) is 0 Å². The zero-order valence-corrected chi connectivity index (χ0v) is 13.1. The number of rotatable bonds is 5. The Balaban J connectivity index is 1.67. The quantitative estimate of drug-likeness (QED) is 0.720. The van der Waals surface area contributed by atoms with Gasteiger partial charge in [0.1, 0.15) is 12.4 Å². The van der Waals surface area contributed by atoms with Gasteiger partial charge in [-0.1, -0.05) is 66.7 Å². The number of aliphatic hydroxyl groups excluding tert-OH is 1. The molecule has 0 bridgehead atoms. The summed E-state index contributed by atoms with van der Waals surface area (Å²) in [5.41, 5.74) is 4.35. The second kappa shape index (κ2) is 7.12. The highest BCUT2D eigenvalue weighted by Crippen LogP contribution is 2.24. The van der Waals surface area contributed by atoms with Gasteiger partial charge >= 0.3 is 0 Å². The molecule has 0 aliphatic carbocycles. The van der Waals surface area contributed by atoms with Crippen LogP contribution in [0.5, 0.6) is 5.75 Å².